The fourth-order valence-corrected chi connectivity index (χ4v) is 4.74. The van der Waals surface area contributed by atoms with Gasteiger partial charge in [-0.1, -0.05) is 24.3 Å². The van der Waals surface area contributed by atoms with E-state index >= 15 is 4.39 Å². The molecule has 6 nitrogen and oxygen atoms in total. The molecule has 11 heteroatoms. The number of halogens is 5. The lowest BCUT2D eigenvalue weighted by Gasteiger charge is -2.29. The highest BCUT2D eigenvalue weighted by Gasteiger charge is 2.31. The lowest BCUT2D eigenvalue weighted by atomic mass is 9.99. The Kier molecular flexibility index (Phi) is 8.39. The van der Waals surface area contributed by atoms with E-state index in [1.54, 1.807) is 35.6 Å². The first kappa shape index (κ1) is 28.9. The van der Waals surface area contributed by atoms with Crippen LogP contribution in [0.4, 0.5) is 23.2 Å². The zero-order valence-corrected chi connectivity index (χ0v) is 22.6. The number of anilines is 1. The first-order chi connectivity index (χ1) is 18.6. The smallest absolute Gasteiger partial charge is 0.406 e. The summed E-state index contributed by atoms with van der Waals surface area (Å²) >= 11 is 0. The molecule has 210 valence electrons. The Hall–Kier alpha value is -4.05. The average Bonchev–Trinajstić information content (AvgIpc) is 3.22. The average molecular weight is 575 g/mol. The number of carbonyl (C=O) groups excluding carboxylic acids is 1. The van der Waals surface area contributed by atoms with Gasteiger partial charge in [0.2, 0.25) is 0 Å². The zero-order valence-electron chi connectivity index (χ0n) is 21.8. The number of alkyl halides is 3. The Morgan fingerprint density at radius 2 is 1.82 bits per heavy atom. The number of amides is 1. The molecule has 1 amide bonds. The summed E-state index contributed by atoms with van der Waals surface area (Å²) in [4.78, 5) is 19.2. The van der Waals surface area contributed by atoms with E-state index in [4.69, 9.17) is 0 Å². The summed E-state index contributed by atoms with van der Waals surface area (Å²) in [6, 6.07) is 14.4. The minimum atomic E-state index is -4.73. The van der Waals surface area contributed by atoms with Gasteiger partial charge < -0.3 is 15.0 Å². The van der Waals surface area contributed by atoms with Gasteiger partial charge in [-0.2, -0.15) is 0 Å². The van der Waals surface area contributed by atoms with Crippen LogP contribution in [0.2, 0.25) is 0 Å². The highest BCUT2D eigenvalue weighted by atomic mass is 35.5. The second kappa shape index (κ2) is 11.6. The number of fused-ring (bicyclic) bond motifs is 1. The summed E-state index contributed by atoms with van der Waals surface area (Å²) in [6.07, 6.45) is -0.375. The summed E-state index contributed by atoms with van der Waals surface area (Å²) < 4.78 is 57.8. The predicted octanol–water partition coefficient (Wildman–Crippen LogP) is 6.63. The number of aryl methyl sites for hydroxylation is 2. The molecule has 3 heterocycles. The lowest BCUT2D eigenvalue weighted by Crippen LogP contribution is -2.29. The normalized spacial score (nSPS) is 13.6. The molecule has 0 saturated carbocycles. The first-order valence-electron chi connectivity index (χ1n) is 12.4. The number of hydrogen-bond acceptors (Lipinski definition) is 4. The van der Waals surface area contributed by atoms with Crippen molar-refractivity contribution in [3.8, 4) is 5.75 Å². The fraction of sp³-hybridized carbons (Fsp3) is 0.241. The molecule has 0 unspecified atom stereocenters. The van der Waals surface area contributed by atoms with E-state index in [-0.39, 0.29) is 30.6 Å². The Balaban J connectivity index is 0.00000370. The minimum Gasteiger partial charge on any atom is -0.406 e. The van der Waals surface area contributed by atoms with Crippen molar-refractivity contribution in [2.24, 2.45) is 0 Å². The van der Waals surface area contributed by atoms with Crippen molar-refractivity contribution in [3.05, 3.63) is 101 Å². The second-order valence-corrected chi connectivity index (χ2v) is 9.44. The third-order valence-electron chi connectivity index (χ3n) is 6.64. The Labute approximate surface area is 234 Å². The molecule has 1 aliphatic rings. The van der Waals surface area contributed by atoms with Crippen molar-refractivity contribution in [2.45, 2.75) is 33.2 Å². The molecule has 1 aliphatic heterocycles. The SMILES string of the molecule is Cc1ccn2c(C(=O)NCc3ccc(N4CC=C(c5ccc(OC(F)(F)F)cc5)CC4)c(F)c3)c(C)nc2c1.Cl. The molecule has 2 aromatic heterocycles. The number of rotatable bonds is 6. The summed E-state index contributed by atoms with van der Waals surface area (Å²) in [5.41, 5.74) is 5.64. The maximum absolute atomic E-state index is 15.0. The fourth-order valence-electron chi connectivity index (χ4n) is 4.74. The van der Waals surface area contributed by atoms with Crippen LogP contribution < -0.4 is 15.0 Å². The predicted molar refractivity (Wildman–Crippen MR) is 147 cm³/mol. The van der Waals surface area contributed by atoms with Gasteiger partial charge in [-0.25, -0.2) is 9.37 Å². The van der Waals surface area contributed by atoms with Crippen molar-refractivity contribution in [1.29, 1.82) is 0 Å². The largest absolute Gasteiger partial charge is 0.573 e. The van der Waals surface area contributed by atoms with Crippen LogP contribution in [-0.2, 0) is 6.54 Å². The topological polar surface area (TPSA) is 58.9 Å². The van der Waals surface area contributed by atoms with Gasteiger partial charge in [0, 0.05) is 25.8 Å². The van der Waals surface area contributed by atoms with Gasteiger partial charge in [-0.05, 0) is 78.9 Å². The van der Waals surface area contributed by atoms with Gasteiger partial charge in [0.05, 0.1) is 11.4 Å². The Morgan fingerprint density at radius 3 is 2.48 bits per heavy atom. The van der Waals surface area contributed by atoms with E-state index in [2.05, 4.69) is 15.0 Å². The van der Waals surface area contributed by atoms with Crippen LogP contribution in [0.5, 0.6) is 5.75 Å². The van der Waals surface area contributed by atoms with Gasteiger partial charge in [-0.3, -0.25) is 9.20 Å². The quantitative estimate of drug-likeness (QED) is 0.263. The molecule has 0 fully saturated rings. The van der Waals surface area contributed by atoms with Gasteiger partial charge in [0.25, 0.3) is 5.91 Å². The summed E-state index contributed by atoms with van der Waals surface area (Å²) in [5.74, 6) is -0.958. The first-order valence-corrected chi connectivity index (χ1v) is 12.4. The summed E-state index contributed by atoms with van der Waals surface area (Å²) in [5, 5.41) is 2.85. The van der Waals surface area contributed by atoms with Crippen LogP contribution in [0.1, 0.15) is 39.3 Å². The van der Waals surface area contributed by atoms with Crippen molar-refractivity contribution < 1.29 is 27.1 Å². The number of benzene rings is 2. The highest BCUT2D eigenvalue weighted by Crippen LogP contribution is 2.30. The van der Waals surface area contributed by atoms with Gasteiger partial charge >= 0.3 is 6.36 Å². The standard InChI is InChI=1S/C29H26F4N4O2.ClH/c1-18-9-14-37-26(15-18)35-19(2)27(37)28(38)34-17-20-3-8-25(24(30)16-20)36-12-10-22(11-13-36)21-4-6-23(7-5-21)39-29(31,32)33;/h3-10,14-16H,11-13,17H2,1-2H3,(H,34,38);1H. The lowest BCUT2D eigenvalue weighted by molar-refractivity contribution is -0.274. The summed E-state index contributed by atoms with van der Waals surface area (Å²) in [6.45, 7) is 4.90. The van der Waals surface area contributed by atoms with Gasteiger partial charge in [0.15, 0.2) is 0 Å². The summed E-state index contributed by atoms with van der Waals surface area (Å²) in [7, 11) is 0. The molecular formula is C29H27ClF4N4O2. The molecule has 0 radical (unpaired) electrons. The molecule has 40 heavy (non-hydrogen) atoms. The number of nitrogens with one attached hydrogen (secondary N) is 1. The van der Waals surface area contributed by atoms with Crippen LogP contribution in [0, 0.1) is 19.7 Å². The van der Waals surface area contributed by atoms with Gasteiger partial charge in [-0.15, -0.1) is 25.6 Å². The molecular weight excluding hydrogens is 548 g/mol. The highest BCUT2D eigenvalue weighted by molar-refractivity contribution is 5.94. The van der Waals surface area contributed by atoms with Crippen LogP contribution in [-0.4, -0.2) is 34.7 Å². The van der Waals surface area contributed by atoms with Crippen LogP contribution in [0.3, 0.4) is 0 Å². The number of aromatic nitrogens is 2. The van der Waals surface area contributed by atoms with Crippen LogP contribution >= 0.6 is 12.4 Å². The molecule has 0 saturated heterocycles. The van der Waals surface area contributed by atoms with Crippen molar-refractivity contribution in [1.82, 2.24) is 14.7 Å². The molecule has 1 N–H and O–H groups in total. The number of carbonyl (C=O) groups is 1. The van der Waals surface area contributed by atoms with E-state index < -0.39 is 12.2 Å². The Morgan fingerprint density at radius 1 is 1.07 bits per heavy atom. The second-order valence-electron chi connectivity index (χ2n) is 9.44. The molecule has 5 rings (SSSR count). The molecule has 4 aromatic rings. The molecule has 0 atom stereocenters. The zero-order chi connectivity index (χ0) is 27.7. The molecule has 0 bridgehead atoms. The number of ether oxygens (including phenoxy) is 1. The van der Waals surface area contributed by atoms with E-state index in [0.29, 0.717) is 47.8 Å². The number of pyridine rings is 1. The van der Waals surface area contributed by atoms with Crippen LogP contribution in [0.15, 0.2) is 66.9 Å². The van der Waals surface area contributed by atoms with Crippen molar-refractivity contribution in [2.75, 3.05) is 18.0 Å². The Bertz CT molecular complexity index is 1570. The van der Waals surface area contributed by atoms with E-state index in [1.165, 1.54) is 18.2 Å². The monoisotopic (exact) mass is 574 g/mol. The van der Waals surface area contributed by atoms with E-state index in [9.17, 15) is 18.0 Å². The third-order valence-corrected chi connectivity index (χ3v) is 6.64. The minimum absolute atomic E-state index is 0. The van der Waals surface area contributed by atoms with E-state index in [0.717, 1.165) is 16.7 Å². The molecule has 0 spiro atoms. The third kappa shape index (κ3) is 6.39. The number of nitrogens with zero attached hydrogens (tertiary/aromatic N) is 3. The van der Waals surface area contributed by atoms with E-state index in [1.807, 2.05) is 36.2 Å². The number of imidazole rings is 1. The van der Waals surface area contributed by atoms with Gasteiger partial charge in [0.1, 0.15) is 22.9 Å². The van der Waals surface area contributed by atoms with Crippen molar-refractivity contribution >= 4 is 35.2 Å². The molecule has 0 aliphatic carbocycles. The molecule has 2 aromatic carbocycles. The van der Waals surface area contributed by atoms with Crippen molar-refractivity contribution in [3.63, 3.8) is 0 Å². The van der Waals surface area contributed by atoms with Crippen LogP contribution in [0.25, 0.3) is 11.2 Å². The number of hydrogen-bond donors (Lipinski definition) is 1. The maximum atomic E-state index is 15.0. The maximum Gasteiger partial charge on any atom is 0.573 e.